The van der Waals surface area contributed by atoms with Gasteiger partial charge in [-0.15, -0.1) is 0 Å². The lowest BCUT2D eigenvalue weighted by atomic mass is 9.92. The van der Waals surface area contributed by atoms with Crippen molar-refractivity contribution < 1.29 is 18.3 Å². The molecule has 0 radical (unpaired) electrons. The SMILES string of the molecule is Cc1ccc(NC(=O)C2CC23CCNCC3)cc1OCC(F)F. The highest BCUT2D eigenvalue weighted by molar-refractivity contribution is 5.95. The maximum atomic E-state index is 12.4. The van der Waals surface area contributed by atoms with E-state index in [0.29, 0.717) is 11.4 Å². The molecule has 1 unspecified atom stereocenters. The van der Waals surface area contributed by atoms with E-state index in [4.69, 9.17) is 4.74 Å². The summed E-state index contributed by atoms with van der Waals surface area (Å²) in [6.07, 6.45) is 0.517. The Labute approximate surface area is 134 Å². The zero-order valence-corrected chi connectivity index (χ0v) is 13.2. The molecule has 6 heteroatoms. The number of amides is 1. The summed E-state index contributed by atoms with van der Waals surface area (Å²) in [6, 6.07) is 5.16. The molecule has 1 aromatic rings. The molecule has 0 aromatic heterocycles. The topological polar surface area (TPSA) is 50.4 Å². The van der Waals surface area contributed by atoms with Gasteiger partial charge < -0.3 is 15.4 Å². The molecule has 1 aliphatic carbocycles. The average molecular weight is 324 g/mol. The minimum Gasteiger partial charge on any atom is -0.487 e. The fourth-order valence-corrected chi connectivity index (χ4v) is 3.41. The Kier molecular flexibility index (Phi) is 4.53. The van der Waals surface area contributed by atoms with Crippen LogP contribution in [-0.2, 0) is 4.79 Å². The van der Waals surface area contributed by atoms with E-state index in [2.05, 4.69) is 10.6 Å². The van der Waals surface area contributed by atoms with Crippen molar-refractivity contribution in [3.05, 3.63) is 23.8 Å². The third-order valence-corrected chi connectivity index (χ3v) is 4.93. The summed E-state index contributed by atoms with van der Waals surface area (Å²) in [7, 11) is 0. The maximum Gasteiger partial charge on any atom is 0.272 e. The molecule has 2 N–H and O–H groups in total. The van der Waals surface area contributed by atoms with Crippen molar-refractivity contribution in [2.45, 2.75) is 32.6 Å². The van der Waals surface area contributed by atoms with Gasteiger partial charge in [0.25, 0.3) is 6.43 Å². The van der Waals surface area contributed by atoms with Crippen LogP contribution in [0.4, 0.5) is 14.5 Å². The summed E-state index contributed by atoms with van der Waals surface area (Å²) in [5.74, 6) is 0.474. The molecule has 1 aliphatic heterocycles. The van der Waals surface area contributed by atoms with Crippen molar-refractivity contribution in [2.75, 3.05) is 25.0 Å². The van der Waals surface area contributed by atoms with Gasteiger partial charge in [-0.2, -0.15) is 0 Å². The molecule has 1 atom stereocenters. The number of rotatable bonds is 5. The van der Waals surface area contributed by atoms with E-state index in [-0.39, 0.29) is 17.2 Å². The van der Waals surface area contributed by atoms with Crippen LogP contribution in [0.25, 0.3) is 0 Å². The van der Waals surface area contributed by atoms with E-state index in [1.54, 1.807) is 25.1 Å². The van der Waals surface area contributed by atoms with Crippen LogP contribution in [0.15, 0.2) is 18.2 Å². The third-order valence-electron chi connectivity index (χ3n) is 4.93. The van der Waals surface area contributed by atoms with Crippen molar-refractivity contribution in [2.24, 2.45) is 11.3 Å². The zero-order valence-electron chi connectivity index (χ0n) is 13.2. The van der Waals surface area contributed by atoms with Crippen molar-refractivity contribution >= 4 is 11.6 Å². The van der Waals surface area contributed by atoms with Crippen LogP contribution in [0.2, 0.25) is 0 Å². The Bertz CT molecular complexity index is 586. The maximum absolute atomic E-state index is 12.4. The van der Waals surface area contributed by atoms with Gasteiger partial charge in [0.15, 0.2) is 0 Å². The number of anilines is 1. The molecule has 4 nitrogen and oxygen atoms in total. The lowest BCUT2D eigenvalue weighted by Gasteiger charge is -2.23. The largest absolute Gasteiger partial charge is 0.487 e. The van der Waals surface area contributed by atoms with Crippen molar-refractivity contribution in [1.82, 2.24) is 5.32 Å². The number of ether oxygens (including phenoxy) is 1. The minimum absolute atomic E-state index is 0.0237. The van der Waals surface area contributed by atoms with E-state index in [1.165, 1.54) is 0 Å². The number of carbonyl (C=O) groups excluding carboxylic acids is 1. The van der Waals surface area contributed by atoms with Crippen molar-refractivity contribution in [3.63, 3.8) is 0 Å². The van der Waals surface area contributed by atoms with Gasteiger partial charge in [-0.05, 0) is 56.3 Å². The van der Waals surface area contributed by atoms with Crippen LogP contribution in [-0.4, -0.2) is 32.0 Å². The number of alkyl halides is 2. The van der Waals surface area contributed by atoms with Gasteiger partial charge in [0.1, 0.15) is 12.4 Å². The Morgan fingerprint density at radius 2 is 2.17 bits per heavy atom. The molecule has 1 amide bonds. The van der Waals surface area contributed by atoms with Crippen LogP contribution in [0.1, 0.15) is 24.8 Å². The van der Waals surface area contributed by atoms with Crippen LogP contribution in [0.5, 0.6) is 5.75 Å². The number of nitrogens with one attached hydrogen (secondary N) is 2. The number of hydrogen-bond acceptors (Lipinski definition) is 3. The van der Waals surface area contributed by atoms with Gasteiger partial charge in [-0.3, -0.25) is 4.79 Å². The number of benzene rings is 1. The molecule has 23 heavy (non-hydrogen) atoms. The highest BCUT2D eigenvalue weighted by Crippen LogP contribution is 2.58. The lowest BCUT2D eigenvalue weighted by molar-refractivity contribution is -0.118. The number of halogens is 2. The molecule has 1 spiro atoms. The van der Waals surface area contributed by atoms with Gasteiger partial charge in [-0.25, -0.2) is 8.78 Å². The molecular weight excluding hydrogens is 302 g/mol. The monoisotopic (exact) mass is 324 g/mol. The van der Waals surface area contributed by atoms with Gasteiger partial charge in [0, 0.05) is 17.7 Å². The predicted molar refractivity (Wildman–Crippen MR) is 84.0 cm³/mol. The number of carbonyl (C=O) groups is 1. The molecule has 1 aromatic carbocycles. The Hall–Kier alpha value is -1.69. The van der Waals surface area contributed by atoms with Crippen LogP contribution >= 0.6 is 0 Å². The summed E-state index contributed by atoms with van der Waals surface area (Å²) in [5.41, 5.74) is 1.54. The second-order valence-corrected chi connectivity index (χ2v) is 6.54. The van der Waals surface area contributed by atoms with Gasteiger partial charge in [0.2, 0.25) is 5.91 Å². The van der Waals surface area contributed by atoms with Crippen molar-refractivity contribution in [1.29, 1.82) is 0 Å². The van der Waals surface area contributed by atoms with E-state index in [9.17, 15) is 13.6 Å². The Morgan fingerprint density at radius 3 is 2.87 bits per heavy atom. The molecule has 1 heterocycles. The van der Waals surface area contributed by atoms with Crippen LogP contribution in [0.3, 0.4) is 0 Å². The molecule has 1 saturated heterocycles. The Balaban J connectivity index is 1.61. The first-order chi connectivity index (χ1) is 11.0. The van der Waals surface area contributed by atoms with E-state index in [1.807, 2.05) is 0 Å². The Morgan fingerprint density at radius 1 is 1.43 bits per heavy atom. The molecule has 2 fully saturated rings. The summed E-state index contributed by atoms with van der Waals surface area (Å²) >= 11 is 0. The summed E-state index contributed by atoms with van der Waals surface area (Å²) in [5, 5.41) is 6.22. The van der Waals surface area contributed by atoms with Gasteiger partial charge in [-0.1, -0.05) is 6.07 Å². The fourth-order valence-electron chi connectivity index (χ4n) is 3.41. The molecule has 2 aliphatic rings. The highest BCUT2D eigenvalue weighted by atomic mass is 19.3. The highest BCUT2D eigenvalue weighted by Gasteiger charge is 2.57. The number of hydrogen-bond donors (Lipinski definition) is 2. The normalized spacial score (nSPS) is 22.2. The lowest BCUT2D eigenvalue weighted by Crippen LogP contribution is -2.31. The number of aryl methyl sites for hydroxylation is 1. The van der Waals surface area contributed by atoms with E-state index < -0.39 is 13.0 Å². The first-order valence-corrected chi connectivity index (χ1v) is 8.03. The zero-order chi connectivity index (χ0) is 16.4. The summed E-state index contributed by atoms with van der Waals surface area (Å²) in [6.45, 7) is 3.09. The molecule has 126 valence electrons. The summed E-state index contributed by atoms with van der Waals surface area (Å²) < 4.78 is 29.7. The smallest absolute Gasteiger partial charge is 0.272 e. The quantitative estimate of drug-likeness (QED) is 0.875. The fraction of sp³-hybridized carbons (Fsp3) is 0.588. The van der Waals surface area contributed by atoms with Crippen LogP contribution in [0, 0.1) is 18.3 Å². The predicted octanol–water partition coefficient (Wildman–Crippen LogP) is 2.97. The summed E-state index contributed by atoms with van der Waals surface area (Å²) in [4.78, 5) is 12.4. The van der Waals surface area contributed by atoms with Crippen LogP contribution < -0.4 is 15.4 Å². The molecule has 0 bridgehead atoms. The van der Waals surface area contributed by atoms with Crippen molar-refractivity contribution in [3.8, 4) is 5.75 Å². The first-order valence-electron chi connectivity index (χ1n) is 8.03. The number of piperidine rings is 1. The van der Waals surface area contributed by atoms with Gasteiger partial charge >= 0.3 is 0 Å². The first kappa shape index (κ1) is 16.2. The molecular formula is C17H22F2N2O2. The van der Waals surface area contributed by atoms with Gasteiger partial charge in [0.05, 0.1) is 0 Å². The molecule has 1 saturated carbocycles. The average Bonchev–Trinajstić information content (AvgIpc) is 3.21. The van der Waals surface area contributed by atoms with E-state index in [0.717, 1.165) is 37.9 Å². The minimum atomic E-state index is -2.51. The second kappa shape index (κ2) is 6.43. The third kappa shape index (κ3) is 3.63. The second-order valence-electron chi connectivity index (χ2n) is 6.54. The molecule has 3 rings (SSSR count). The standard InChI is InChI=1S/C17H22F2N2O2/c1-11-2-3-12(8-14(11)23-10-15(18)19)21-16(22)13-9-17(13)4-6-20-7-5-17/h2-3,8,13,15,20H,4-7,9-10H2,1H3,(H,21,22). The van der Waals surface area contributed by atoms with E-state index >= 15 is 0 Å².